The van der Waals surface area contributed by atoms with E-state index in [4.69, 9.17) is 14.2 Å². The van der Waals surface area contributed by atoms with E-state index in [9.17, 15) is 9.59 Å². The van der Waals surface area contributed by atoms with Crippen molar-refractivity contribution in [3.8, 4) is 5.75 Å². The molecular formula is C16H22O5. The minimum Gasteiger partial charge on any atom is -0.496 e. The quantitative estimate of drug-likeness (QED) is 0.596. The summed E-state index contributed by atoms with van der Waals surface area (Å²) in [6, 6.07) is 3.51. The van der Waals surface area contributed by atoms with Gasteiger partial charge in [-0.15, -0.1) is 0 Å². The molecule has 0 aromatic heterocycles. The van der Waals surface area contributed by atoms with Crippen LogP contribution in [0.25, 0.3) is 0 Å². The molecule has 0 heterocycles. The molecule has 0 saturated heterocycles. The summed E-state index contributed by atoms with van der Waals surface area (Å²) in [5.41, 5.74) is 2.26. The smallest absolute Gasteiger partial charge is 0.324 e. The van der Waals surface area contributed by atoms with Gasteiger partial charge in [0.2, 0.25) is 0 Å². The second-order valence-corrected chi connectivity index (χ2v) is 4.63. The van der Waals surface area contributed by atoms with Gasteiger partial charge in [0.25, 0.3) is 0 Å². The van der Waals surface area contributed by atoms with E-state index < -0.39 is 17.9 Å². The van der Waals surface area contributed by atoms with E-state index in [0.717, 1.165) is 16.9 Å². The van der Waals surface area contributed by atoms with Crippen LogP contribution in [-0.2, 0) is 19.1 Å². The Bertz CT molecular complexity index is 480. The van der Waals surface area contributed by atoms with Crippen molar-refractivity contribution >= 4 is 11.9 Å². The van der Waals surface area contributed by atoms with Crippen LogP contribution in [0, 0.1) is 13.8 Å². The van der Waals surface area contributed by atoms with Gasteiger partial charge in [0.1, 0.15) is 5.75 Å². The molecule has 116 valence electrons. The van der Waals surface area contributed by atoms with Crippen molar-refractivity contribution in [1.82, 2.24) is 0 Å². The molecule has 5 heteroatoms. The third kappa shape index (κ3) is 3.97. The van der Waals surface area contributed by atoms with Crippen LogP contribution < -0.4 is 4.74 Å². The Morgan fingerprint density at radius 2 is 1.43 bits per heavy atom. The summed E-state index contributed by atoms with van der Waals surface area (Å²) < 4.78 is 15.3. The summed E-state index contributed by atoms with van der Waals surface area (Å²) >= 11 is 0. The molecule has 0 saturated carbocycles. The molecule has 0 radical (unpaired) electrons. The molecule has 1 aromatic rings. The lowest BCUT2D eigenvalue weighted by molar-refractivity contribution is -0.156. The third-order valence-electron chi connectivity index (χ3n) is 3.06. The SMILES string of the molecule is CCOC(=O)C(C(=O)OCC)c1cc(C)c(OC)c(C)c1. The molecule has 0 N–H and O–H groups in total. The van der Waals surface area contributed by atoms with Crippen molar-refractivity contribution in [2.24, 2.45) is 0 Å². The van der Waals surface area contributed by atoms with Crippen LogP contribution >= 0.6 is 0 Å². The first-order valence-electron chi connectivity index (χ1n) is 6.94. The lowest BCUT2D eigenvalue weighted by atomic mass is 9.95. The number of esters is 2. The number of aryl methyl sites for hydroxylation is 2. The Morgan fingerprint density at radius 3 is 1.76 bits per heavy atom. The maximum Gasteiger partial charge on any atom is 0.324 e. The van der Waals surface area contributed by atoms with Crippen molar-refractivity contribution in [2.75, 3.05) is 20.3 Å². The van der Waals surface area contributed by atoms with E-state index in [1.165, 1.54) is 0 Å². The molecule has 0 amide bonds. The predicted octanol–water partition coefficient (Wildman–Crippen LogP) is 2.52. The monoisotopic (exact) mass is 294 g/mol. The number of hydrogen-bond donors (Lipinski definition) is 0. The number of rotatable bonds is 6. The Kier molecular flexibility index (Phi) is 6.21. The number of benzene rings is 1. The number of methoxy groups -OCH3 is 1. The summed E-state index contributed by atoms with van der Waals surface area (Å²) in [4.78, 5) is 24.2. The van der Waals surface area contributed by atoms with Crippen molar-refractivity contribution in [2.45, 2.75) is 33.6 Å². The van der Waals surface area contributed by atoms with Gasteiger partial charge in [0, 0.05) is 0 Å². The van der Waals surface area contributed by atoms with Crippen molar-refractivity contribution in [3.05, 3.63) is 28.8 Å². The molecule has 0 aliphatic carbocycles. The molecule has 0 spiro atoms. The van der Waals surface area contributed by atoms with E-state index in [-0.39, 0.29) is 13.2 Å². The normalized spacial score (nSPS) is 10.4. The second-order valence-electron chi connectivity index (χ2n) is 4.63. The van der Waals surface area contributed by atoms with Crippen LogP contribution in [0.4, 0.5) is 0 Å². The summed E-state index contributed by atoms with van der Waals surface area (Å²) in [5.74, 6) is -1.52. The standard InChI is InChI=1S/C16H22O5/c1-6-20-15(17)13(16(18)21-7-2)12-8-10(3)14(19-5)11(4)9-12/h8-9,13H,6-7H2,1-5H3. The van der Waals surface area contributed by atoms with Crippen LogP contribution in [0.2, 0.25) is 0 Å². The van der Waals surface area contributed by atoms with Crippen molar-refractivity contribution in [1.29, 1.82) is 0 Å². The van der Waals surface area contributed by atoms with Gasteiger partial charge in [-0.2, -0.15) is 0 Å². The first-order chi connectivity index (χ1) is 9.96. The third-order valence-corrected chi connectivity index (χ3v) is 3.06. The average Bonchev–Trinajstić information content (AvgIpc) is 2.39. The Morgan fingerprint density at radius 1 is 1.00 bits per heavy atom. The fourth-order valence-electron chi connectivity index (χ4n) is 2.29. The van der Waals surface area contributed by atoms with Gasteiger partial charge in [0.15, 0.2) is 5.92 Å². The minimum atomic E-state index is -1.06. The zero-order chi connectivity index (χ0) is 16.0. The van der Waals surface area contributed by atoms with E-state index in [0.29, 0.717) is 5.56 Å². The van der Waals surface area contributed by atoms with Gasteiger partial charge in [0.05, 0.1) is 20.3 Å². The zero-order valence-electron chi connectivity index (χ0n) is 13.2. The summed E-state index contributed by atoms with van der Waals surface area (Å²) in [6.45, 7) is 7.55. The number of carbonyl (C=O) groups is 2. The lowest BCUT2D eigenvalue weighted by Crippen LogP contribution is -2.26. The highest BCUT2D eigenvalue weighted by atomic mass is 16.6. The van der Waals surface area contributed by atoms with Crippen molar-refractivity contribution < 1.29 is 23.8 Å². The highest BCUT2D eigenvalue weighted by molar-refractivity contribution is 6.01. The maximum atomic E-state index is 12.1. The highest BCUT2D eigenvalue weighted by Gasteiger charge is 2.32. The van der Waals surface area contributed by atoms with E-state index in [2.05, 4.69) is 0 Å². The highest BCUT2D eigenvalue weighted by Crippen LogP contribution is 2.29. The summed E-state index contributed by atoms with van der Waals surface area (Å²) in [5, 5.41) is 0. The van der Waals surface area contributed by atoms with E-state index in [1.54, 1.807) is 33.1 Å². The first kappa shape index (κ1) is 17.0. The second kappa shape index (κ2) is 7.67. The molecule has 1 rings (SSSR count). The maximum absolute atomic E-state index is 12.1. The Balaban J connectivity index is 3.26. The van der Waals surface area contributed by atoms with Gasteiger partial charge >= 0.3 is 11.9 Å². The van der Waals surface area contributed by atoms with Gasteiger partial charge < -0.3 is 14.2 Å². The van der Waals surface area contributed by atoms with Gasteiger partial charge in [-0.3, -0.25) is 9.59 Å². The topological polar surface area (TPSA) is 61.8 Å². The molecule has 21 heavy (non-hydrogen) atoms. The number of ether oxygens (including phenoxy) is 3. The zero-order valence-corrected chi connectivity index (χ0v) is 13.2. The molecule has 0 bridgehead atoms. The van der Waals surface area contributed by atoms with Crippen LogP contribution in [-0.4, -0.2) is 32.3 Å². The molecule has 1 aromatic carbocycles. The molecular weight excluding hydrogens is 272 g/mol. The van der Waals surface area contributed by atoms with E-state index >= 15 is 0 Å². The van der Waals surface area contributed by atoms with Crippen LogP contribution in [0.3, 0.4) is 0 Å². The molecule has 0 aliphatic heterocycles. The lowest BCUT2D eigenvalue weighted by Gasteiger charge is -2.17. The Hall–Kier alpha value is -2.04. The largest absolute Gasteiger partial charge is 0.496 e. The number of hydrogen-bond acceptors (Lipinski definition) is 5. The molecule has 0 fully saturated rings. The fourth-order valence-corrected chi connectivity index (χ4v) is 2.29. The molecule has 0 aliphatic rings. The van der Waals surface area contributed by atoms with Crippen LogP contribution in [0.1, 0.15) is 36.5 Å². The van der Waals surface area contributed by atoms with Gasteiger partial charge in [-0.1, -0.05) is 12.1 Å². The van der Waals surface area contributed by atoms with Gasteiger partial charge in [-0.25, -0.2) is 0 Å². The summed E-state index contributed by atoms with van der Waals surface area (Å²) in [6.07, 6.45) is 0. The predicted molar refractivity (Wildman–Crippen MR) is 78.5 cm³/mol. The van der Waals surface area contributed by atoms with Gasteiger partial charge in [-0.05, 0) is 44.4 Å². The van der Waals surface area contributed by atoms with Crippen LogP contribution in [0.5, 0.6) is 5.75 Å². The first-order valence-corrected chi connectivity index (χ1v) is 6.94. The molecule has 5 nitrogen and oxygen atoms in total. The summed E-state index contributed by atoms with van der Waals surface area (Å²) in [7, 11) is 1.59. The average molecular weight is 294 g/mol. The Labute approximate surface area is 125 Å². The van der Waals surface area contributed by atoms with Crippen LogP contribution in [0.15, 0.2) is 12.1 Å². The van der Waals surface area contributed by atoms with Crippen molar-refractivity contribution in [3.63, 3.8) is 0 Å². The molecule has 0 unspecified atom stereocenters. The fraction of sp³-hybridized carbons (Fsp3) is 0.500. The van der Waals surface area contributed by atoms with E-state index in [1.807, 2.05) is 13.8 Å². The number of carbonyl (C=O) groups excluding carboxylic acids is 2. The minimum absolute atomic E-state index is 0.211. The molecule has 0 atom stereocenters.